The number of benzene rings is 1. The second-order valence-corrected chi connectivity index (χ2v) is 6.41. The number of anilines is 1. The van der Waals surface area contributed by atoms with Crippen molar-refractivity contribution in [1.29, 1.82) is 0 Å². The van der Waals surface area contributed by atoms with E-state index in [1.807, 2.05) is 12.1 Å². The summed E-state index contributed by atoms with van der Waals surface area (Å²) >= 11 is 1.74. The van der Waals surface area contributed by atoms with Crippen molar-refractivity contribution in [3.05, 3.63) is 23.8 Å². The van der Waals surface area contributed by atoms with Crippen molar-refractivity contribution in [2.45, 2.75) is 30.6 Å². The number of hydrogen-bond donors (Lipinski definition) is 0. The first-order valence-corrected chi connectivity index (χ1v) is 7.87. The highest BCUT2D eigenvalue weighted by Crippen LogP contribution is 2.54. The molecule has 1 aliphatic carbocycles. The Balaban J connectivity index is 1.83. The van der Waals surface area contributed by atoms with Gasteiger partial charge in [-0.2, -0.15) is 0 Å². The molecule has 2 aliphatic rings. The lowest BCUT2D eigenvalue weighted by molar-refractivity contribution is 0.112. The highest BCUT2D eigenvalue weighted by Gasteiger charge is 2.44. The molecule has 0 N–H and O–H groups in total. The Morgan fingerprint density at radius 2 is 1.94 bits per heavy atom. The Labute approximate surface area is 113 Å². The van der Waals surface area contributed by atoms with E-state index in [4.69, 9.17) is 0 Å². The first kappa shape index (κ1) is 12.1. The molecule has 3 heteroatoms. The lowest BCUT2D eigenvalue weighted by Gasteiger charge is -2.34. The number of nitrogens with zero attached hydrogens (tertiary/aromatic N) is 1. The van der Waals surface area contributed by atoms with E-state index in [0.717, 1.165) is 30.6 Å². The fourth-order valence-corrected chi connectivity index (χ4v) is 3.36. The van der Waals surface area contributed by atoms with Gasteiger partial charge in [0.25, 0.3) is 0 Å². The maximum atomic E-state index is 11.2. The van der Waals surface area contributed by atoms with Gasteiger partial charge in [0.05, 0.1) is 0 Å². The van der Waals surface area contributed by atoms with Gasteiger partial charge in [-0.05, 0) is 55.6 Å². The van der Waals surface area contributed by atoms with Crippen molar-refractivity contribution in [1.82, 2.24) is 0 Å². The molecule has 1 saturated carbocycles. The van der Waals surface area contributed by atoms with Crippen LogP contribution in [-0.2, 0) is 0 Å². The van der Waals surface area contributed by atoms with E-state index in [0.29, 0.717) is 5.41 Å². The highest BCUT2D eigenvalue weighted by molar-refractivity contribution is 7.98. The van der Waals surface area contributed by atoms with E-state index in [1.165, 1.54) is 30.6 Å². The fraction of sp³-hybridized carbons (Fsp3) is 0.533. The SMILES string of the molecule is CSc1ccc(C=O)c(N2CCC3(CC2)CC3)c1. The van der Waals surface area contributed by atoms with Gasteiger partial charge in [-0.3, -0.25) is 4.79 Å². The van der Waals surface area contributed by atoms with Gasteiger partial charge in [0.2, 0.25) is 0 Å². The van der Waals surface area contributed by atoms with Gasteiger partial charge in [0, 0.05) is 29.2 Å². The smallest absolute Gasteiger partial charge is 0.152 e. The summed E-state index contributed by atoms with van der Waals surface area (Å²) in [6.07, 6.45) is 8.51. The van der Waals surface area contributed by atoms with Crippen molar-refractivity contribution in [2.75, 3.05) is 24.2 Å². The molecule has 0 aromatic heterocycles. The van der Waals surface area contributed by atoms with Gasteiger partial charge in [0.1, 0.15) is 0 Å². The quantitative estimate of drug-likeness (QED) is 0.612. The maximum absolute atomic E-state index is 11.2. The summed E-state index contributed by atoms with van der Waals surface area (Å²) in [5.41, 5.74) is 2.65. The van der Waals surface area contributed by atoms with Gasteiger partial charge >= 0.3 is 0 Å². The lowest BCUT2D eigenvalue weighted by atomic mass is 9.93. The first-order chi connectivity index (χ1) is 8.76. The maximum Gasteiger partial charge on any atom is 0.152 e. The van der Waals surface area contributed by atoms with E-state index in [-0.39, 0.29) is 0 Å². The van der Waals surface area contributed by atoms with Crippen LogP contribution in [0.5, 0.6) is 0 Å². The molecular formula is C15H19NOS. The van der Waals surface area contributed by atoms with Crippen LogP contribution in [0, 0.1) is 5.41 Å². The lowest BCUT2D eigenvalue weighted by Crippen LogP contribution is -2.35. The molecule has 0 unspecified atom stereocenters. The third-order valence-corrected chi connectivity index (χ3v) is 5.21. The third kappa shape index (κ3) is 2.16. The number of carbonyl (C=O) groups is 1. The van der Waals surface area contributed by atoms with Crippen molar-refractivity contribution in [3.8, 4) is 0 Å². The molecule has 1 aromatic rings. The van der Waals surface area contributed by atoms with Gasteiger partial charge < -0.3 is 4.90 Å². The van der Waals surface area contributed by atoms with Crippen molar-refractivity contribution in [3.63, 3.8) is 0 Å². The minimum absolute atomic E-state index is 0.689. The second kappa shape index (κ2) is 4.61. The molecule has 1 heterocycles. The van der Waals surface area contributed by atoms with Crippen LogP contribution in [-0.4, -0.2) is 25.6 Å². The molecule has 18 heavy (non-hydrogen) atoms. The summed E-state index contributed by atoms with van der Waals surface area (Å²) in [7, 11) is 0. The summed E-state index contributed by atoms with van der Waals surface area (Å²) in [5.74, 6) is 0. The van der Waals surface area contributed by atoms with Gasteiger partial charge in [-0.1, -0.05) is 0 Å². The molecule has 1 aliphatic heterocycles. The number of carbonyl (C=O) groups excluding carboxylic acids is 1. The molecule has 0 atom stereocenters. The fourth-order valence-electron chi connectivity index (χ4n) is 2.92. The minimum atomic E-state index is 0.689. The zero-order chi connectivity index (χ0) is 12.6. The van der Waals surface area contributed by atoms with Crippen LogP contribution in [0.2, 0.25) is 0 Å². The molecule has 0 radical (unpaired) electrons. The molecule has 0 amide bonds. The van der Waals surface area contributed by atoms with Crippen molar-refractivity contribution >= 4 is 23.7 Å². The van der Waals surface area contributed by atoms with Crippen LogP contribution in [0.1, 0.15) is 36.0 Å². The monoisotopic (exact) mass is 261 g/mol. The Morgan fingerprint density at radius 1 is 1.22 bits per heavy atom. The number of hydrogen-bond acceptors (Lipinski definition) is 3. The van der Waals surface area contributed by atoms with Crippen LogP contribution in [0.4, 0.5) is 5.69 Å². The summed E-state index contributed by atoms with van der Waals surface area (Å²) in [4.78, 5) is 14.8. The Hall–Kier alpha value is -0.960. The van der Waals surface area contributed by atoms with Crippen LogP contribution in [0.25, 0.3) is 0 Å². The molecule has 96 valence electrons. The van der Waals surface area contributed by atoms with Crippen molar-refractivity contribution in [2.24, 2.45) is 5.41 Å². The van der Waals surface area contributed by atoms with Crippen molar-refractivity contribution < 1.29 is 4.79 Å². The summed E-state index contributed by atoms with van der Waals surface area (Å²) in [5, 5.41) is 0. The Bertz CT molecular complexity index is 458. The van der Waals surface area contributed by atoms with E-state index in [2.05, 4.69) is 17.2 Å². The zero-order valence-electron chi connectivity index (χ0n) is 10.8. The van der Waals surface area contributed by atoms with Gasteiger partial charge in [-0.15, -0.1) is 11.8 Å². The predicted molar refractivity (Wildman–Crippen MR) is 76.7 cm³/mol. The minimum Gasteiger partial charge on any atom is -0.371 e. The molecule has 1 aromatic carbocycles. The standard InChI is InChI=1S/C15H19NOS/c1-18-13-3-2-12(11-17)14(10-13)16-8-6-15(4-5-15)7-9-16/h2-3,10-11H,4-9H2,1H3. The van der Waals surface area contributed by atoms with Crippen LogP contribution < -0.4 is 4.90 Å². The van der Waals surface area contributed by atoms with Crippen LogP contribution in [0.15, 0.2) is 23.1 Å². The van der Waals surface area contributed by atoms with Gasteiger partial charge in [-0.25, -0.2) is 0 Å². The molecule has 1 saturated heterocycles. The van der Waals surface area contributed by atoms with E-state index in [1.54, 1.807) is 11.8 Å². The summed E-state index contributed by atoms with van der Waals surface area (Å²) in [6, 6.07) is 6.15. The molecule has 0 bridgehead atoms. The number of piperidine rings is 1. The number of rotatable bonds is 3. The average molecular weight is 261 g/mol. The molecule has 3 rings (SSSR count). The van der Waals surface area contributed by atoms with Crippen LogP contribution >= 0.6 is 11.8 Å². The largest absolute Gasteiger partial charge is 0.371 e. The molecule has 2 nitrogen and oxygen atoms in total. The molecule has 1 spiro atoms. The van der Waals surface area contributed by atoms with Gasteiger partial charge in [0.15, 0.2) is 6.29 Å². The first-order valence-electron chi connectivity index (χ1n) is 6.65. The Morgan fingerprint density at radius 3 is 2.50 bits per heavy atom. The summed E-state index contributed by atoms with van der Waals surface area (Å²) < 4.78 is 0. The normalized spacial score (nSPS) is 21.1. The topological polar surface area (TPSA) is 20.3 Å². The number of thioether (sulfide) groups is 1. The zero-order valence-corrected chi connectivity index (χ0v) is 11.6. The third-order valence-electron chi connectivity index (χ3n) is 4.49. The second-order valence-electron chi connectivity index (χ2n) is 5.53. The van der Waals surface area contributed by atoms with E-state index in [9.17, 15) is 4.79 Å². The van der Waals surface area contributed by atoms with E-state index >= 15 is 0 Å². The van der Waals surface area contributed by atoms with Crippen LogP contribution in [0.3, 0.4) is 0 Å². The Kier molecular flexibility index (Phi) is 3.10. The van der Waals surface area contributed by atoms with E-state index < -0.39 is 0 Å². The molecule has 2 fully saturated rings. The summed E-state index contributed by atoms with van der Waals surface area (Å²) in [6.45, 7) is 2.22. The average Bonchev–Trinajstić information content (AvgIpc) is 3.18. The predicted octanol–water partition coefficient (Wildman–Crippen LogP) is 3.60. The molecular weight excluding hydrogens is 242 g/mol. The highest BCUT2D eigenvalue weighted by atomic mass is 32.2. The number of aldehydes is 1.